The van der Waals surface area contributed by atoms with E-state index in [2.05, 4.69) is 21.7 Å². The summed E-state index contributed by atoms with van der Waals surface area (Å²) in [6, 6.07) is 17.5. The van der Waals surface area contributed by atoms with Crippen molar-refractivity contribution in [3.8, 4) is 5.75 Å². The highest BCUT2D eigenvalue weighted by Crippen LogP contribution is 2.18. The van der Waals surface area contributed by atoms with Crippen LogP contribution in [-0.2, 0) is 6.54 Å². The van der Waals surface area contributed by atoms with Gasteiger partial charge >= 0.3 is 6.03 Å². The number of aryl methyl sites for hydroxylation is 1. The first-order chi connectivity index (χ1) is 12.2. The van der Waals surface area contributed by atoms with Gasteiger partial charge in [-0.1, -0.05) is 35.9 Å². The first kappa shape index (κ1) is 16.8. The molecule has 0 atom stereocenters. The first-order valence-corrected chi connectivity index (χ1v) is 8.25. The Bertz CT molecular complexity index is 864. The van der Waals surface area contributed by atoms with Crippen molar-refractivity contribution in [1.29, 1.82) is 0 Å². The molecule has 3 aromatic rings. The lowest BCUT2D eigenvalue weighted by Crippen LogP contribution is -2.37. The number of aromatic nitrogens is 1. The third-order valence-corrected chi connectivity index (χ3v) is 3.77. The Morgan fingerprint density at radius 1 is 1.08 bits per heavy atom. The molecule has 2 aromatic carbocycles. The van der Waals surface area contributed by atoms with E-state index < -0.39 is 0 Å². The molecular weight excluding hydrogens is 314 g/mol. The number of amides is 2. The minimum Gasteiger partial charge on any atom is -0.492 e. The Hall–Kier alpha value is -3.08. The van der Waals surface area contributed by atoms with Gasteiger partial charge < -0.3 is 15.4 Å². The second-order valence-electron chi connectivity index (χ2n) is 5.80. The van der Waals surface area contributed by atoms with Gasteiger partial charge in [-0.25, -0.2) is 4.79 Å². The summed E-state index contributed by atoms with van der Waals surface area (Å²) in [5.74, 6) is 0.766. The summed E-state index contributed by atoms with van der Waals surface area (Å²) in [7, 11) is 0. The van der Waals surface area contributed by atoms with Gasteiger partial charge in [0.2, 0.25) is 0 Å². The van der Waals surface area contributed by atoms with Crippen molar-refractivity contribution < 1.29 is 9.53 Å². The molecule has 25 heavy (non-hydrogen) atoms. The predicted octanol–water partition coefficient (Wildman–Crippen LogP) is 3.42. The van der Waals surface area contributed by atoms with Crippen LogP contribution in [0.4, 0.5) is 4.79 Å². The molecular formula is C20H21N3O2. The van der Waals surface area contributed by atoms with E-state index in [4.69, 9.17) is 4.74 Å². The fourth-order valence-electron chi connectivity index (χ4n) is 2.54. The molecule has 0 aliphatic rings. The number of rotatable bonds is 6. The number of ether oxygens (including phenoxy) is 1. The maximum absolute atomic E-state index is 11.8. The fraction of sp³-hybridized carbons (Fsp3) is 0.200. The van der Waals surface area contributed by atoms with Crippen LogP contribution in [0.3, 0.4) is 0 Å². The van der Waals surface area contributed by atoms with Crippen molar-refractivity contribution in [2.24, 2.45) is 0 Å². The van der Waals surface area contributed by atoms with Crippen molar-refractivity contribution >= 4 is 16.9 Å². The molecule has 0 fully saturated rings. The van der Waals surface area contributed by atoms with Gasteiger partial charge in [-0.05, 0) is 36.8 Å². The number of benzene rings is 2. The number of nitrogens with one attached hydrogen (secondary N) is 2. The van der Waals surface area contributed by atoms with Crippen molar-refractivity contribution in [2.75, 3.05) is 13.2 Å². The van der Waals surface area contributed by atoms with E-state index in [-0.39, 0.29) is 6.03 Å². The van der Waals surface area contributed by atoms with Crippen molar-refractivity contribution in [3.63, 3.8) is 0 Å². The van der Waals surface area contributed by atoms with Crippen LogP contribution in [0.2, 0.25) is 0 Å². The zero-order valence-electron chi connectivity index (χ0n) is 14.2. The SMILES string of the molecule is Cc1cccc(CNC(=O)NCCOc2ccc3ncccc3c2)c1. The lowest BCUT2D eigenvalue weighted by atomic mass is 10.1. The standard InChI is InChI=1S/C20H21N3O2/c1-15-4-2-5-16(12-15)14-23-20(24)22-10-11-25-18-7-8-19-17(13-18)6-3-9-21-19/h2-9,12-13H,10-11,14H2,1H3,(H2,22,23,24). The Morgan fingerprint density at radius 2 is 2.00 bits per heavy atom. The van der Waals surface area contributed by atoms with Gasteiger partial charge in [0, 0.05) is 18.1 Å². The highest BCUT2D eigenvalue weighted by molar-refractivity contribution is 5.79. The summed E-state index contributed by atoms with van der Waals surface area (Å²) in [6.07, 6.45) is 1.77. The van der Waals surface area contributed by atoms with E-state index in [1.54, 1.807) is 6.20 Å². The van der Waals surface area contributed by atoms with E-state index in [0.29, 0.717) is 19.7 Å². The molecule has 2 amide bonds. The third kappa shape index (κ3) is 4.94. The van der Waals surface area contributed by atoms with Crippen LogP contribution in [-0.4, -0.2) is 24.2 Å². The second kappa shape index (κ2) is 8.15. The summed E-state index contributed by atoms with van der Waals surface area (Å²) >= 11 is 0. The van der Waals surface area contributed by atoms with Crippen LogP contribution in [0.5, 0.6) is 5.75 Å². The molecule has 5 nitrogen and oxygen atoms in total. The van der Waals surface area contributed by atoms with Gasteiger partial charge in [0.1, 0.15) is 12.4 Å². The second-order valence-corrected chi connectivity index (χ2v) is 5.80. The van der Waals surface area contributed by atoms with Gasteiger partial charge in [-0.3, -0.25) is 4.98 Å². The number of hydrogen-bond donors (Lipinski definition) is 2. The smallest absolute Gasteiger partial charge is 0.315 e. The molecule has 0 unspecified atom stereocenters. The molecule has 0 spiro atoms. The van der Waals surface area contributed by atoms with Crippen LogP contribution < -0.4 is 15.4 Å². The summed E-state index contributed by atoms with van der Waals surface area (Å²) in [4.78, 5) is 16.1. The summed E-state index contributed by atoms with van der Waals surface area (Å²) in [6.45, 7) is 3.38. The first-order valence-electron chi connectivity index (χ1n) is 8.25. The highest BCUT2D eigenvalue weighted by atomic mass is 16.5. The number of urea groups is 1. The summed E-state index contributed by atoms with van der Waals surface area (Å²) in [5.41, 5.74) is 3.19. The van der Waals surface area contributed by atoms with E-state index in [9.17, 15) is 4.79 Å². The van der Waals surface area contributed by atoms with Crippen LogP contribution in [0.1, 0.15) is 11.1 Å². The predicted molar refractivity (Wildman–Crippen MR) is 98.7 cm³/mol. The topological polar surface area (TPSA) is 63.2 Å². The maximum atomic E-state index is 11.8. The molecule has 0 bridgehead atoms. The number of nitrogens with zero attached hydrogens (tertiary/aromatic N) is 1. The van der Waals surface area contributed by atoms with Gasteiger partial charge in [0.15, 0.2) is 0 Å². The van der Waals surface area contributed by atoms with Gasteiger partial charge in [0.25, 0.3) is 0 Å². The number of hydrogen-bond acceptors (Lipinski definition) is 3. The van der Waals surface area contributed by atoms with E-state index in [0.717, 1.165) is 22.2 Å². The van der Waals surface area contributed by atoms with E-state index in [1.165, 1.54) is 5.56 Å². The fourth-order valence-corrected chi connectivity index (χ4v) is 2.54. The summed E-state index contributed by atoms with van der Waals surface area (Å²) in [5, 5.41) is 6.65. The zero-order chi connectivity index (χ0) is 17.5. The Morgan fingerprint density at radius 3 is 2.88 bits per heavy atom. The lowest BCUT2D eigenvalue weighted by molar-refractivity contribution is 0.236. The largest absolute Gasteiger partial charge is 0.492 e. The molecule has 2 N–H and O–H groups in total. The van der Waals surface area contributed by atoms with Crippen molar-refractivity contribution in [2.45, 2.75) is 13.5 Å². The Kier molecular flexibility index (Phi) is 5.46. The molecule has 0 radical (unpaired) electrons. The highest BCUT2D eigenvalue weighted by Gasteiger charge is 2.01. The van der Waals surface area contributed by atoms with Crippen LogP contribution >= 0.6 is 0 Å². The van der Waals surface area contributed by atoms with Gasteiger partial charge in [-0.2, -0.15) is 0 Å². The molecule has 0 aliphatic heterocycles. The zero-order valence-corrected chi connectivity index (χ0v) is 14.2. The number of pyridine rings is 1. The van der Waals surface area contributed by atoms with Crippen molar-refractivity contribution in [3.05, 3.63) is 71.9 Å². The van der Waals surface area contributed by atoms with Gasteiger partial charge in [0.05, 0.1) is 12.1 Å². The number of carbonyl (C=O) groups excluding carboxylic acids is 1. The average molecular weight is 335 g/mol. The average Bonchev–Trinajstić information content (AvgIpc) is 2.63. The van der Waals surface area contributed by atoms with E-state index in [1.807, 2.05) is 55.5 Å². The number of fused-ring (bicyclic) bond motifs is 1. The lowest BCUT2D eigenvalue weighted by Gasteiger charge is -2.10. The molecule has 5 heteroatoms. The molecule has 1 heterocycles. The molecule has 0 aliphatic carbocycles. The minimum atomic E-state index is -0.201. The van der Waals surface area contributed by atoms with Crippen LogP contribution in [0.25, 0.3) is 10.9 Å². The number of carbonyl (C=O) groups is 1. The Balaban J connectivity index is 1.39. The van der Waals surface area contributed by atoms with E-state index >= 15 is 0 Å². The van der Waals surface area contributed by atoms with Crippen LogP contribution in [0, 0.1) is 6.92 Å². The normalized spacial score (nSPS) is 10.4. The third-order valence-electron chi connectivity index (χ3n) is 3.77. The monoisotopic (exact) mass is 335 g/mol. The van der Waals surface area contributed by atoms with Gasteiger partial charge in [-0.15, -0.1) is 0 Å². The molecule has 0 saturated carbocycles. The molecule has 3 rings (SSSR count). The maximum Gasteiger partial charge on any atom is 0.315 e. The quantitative estimate of drug-likeness (QED) is 0.679. The molecule has 128 valence electrons. The summed E-state index contributed by atoms with van der Waals surface area (Å²) < 4.78 is 5.67. The molecule has 0 saturated heterocycles. The minimum absolute atomic E-state index is 0.201. The van der Waals surface area contributed by atoms with Crippen LogP contribution in [0.15, 0.2) is 60.8 Å². The van der Waals surface area contributed by atoms with Crippen molar-refractivity contribution in [1.82, 2.24) is 15.6 Å². The Labute approximate surface area is 147 Å². The molecule has 1 aromatic heterocycles.